The van der Waals surface area contributed by atoms with Crippen LogP contribution < -0.4 is 4.74 Å². The number of quaternary nitrogens is 1. The fourth-order valence-corrected chi connectivity index (χ4v) is 10.4. The van der Waals surface area contributed by atoms with Crippen molar-refractivity contribution in [1.29, 1.82) is 0 Å². The summed E-state index contributed by atoms with van der Waals surface area (Å²) in [6.45, 7) is 9.17. The van der Waals surface area contributed by atoms with Crippen LogP contribution in [-0.2, 0) is 29.1 Å². The van der Waals surface area contributed by atoms with Crippen LogP contribution in [0.1, 0.15) is 96.0 Å². The molecular weight excluding hydrogens is 572 g/mol. The van der Waals surface area contributed by atoms with E-state index in [1.807, 2.05) is 26.0 Å². The van der Waals surface area contributed by atoms with Gasteiger partial charge in [0, 0.05) is 56.7 Å². The van der Waals surface area contributed by atoms with E-state index in [4.69, 9.17) is 29.0 Å². The normalized spacial score (nSPS) is 43.5. The number of piperidine rings is 1. The molecule has 248 valence electrons. The average Bonchev–Trinajstić information content (AvgIpc) is 3.05. The summed E-state index contributed by atoms with van der Waals surface area (Å²) in [5.41, 5.74) is 0.365. The van der Waals surface area contributed by atoms with Crippen LogP contribution in [0.2, 0.25) is 0 Å². The molecule has 45 heavy (non-hydrogen) atoms. The SMILES string of the molecule is CC(C)(Oc1ccc(C2CCC3(CC2)OOC2(OO3)C3CC4CC(C3)CC2C4)cc1)C(=O)[N+]1(C)CCC(N2CCOCC2)CC1. The van der Waals surface area contributed by atoms with Crippen molar-refractivity contribution >= 4 is 5.91 Å². The van der Waals surface area contributed by atoms with E-state index in [1.165, 1.54) is 37.7 Å². The van der Waals surface area contributed by atoms with E-state index in [0.717, 1.165) is 95.5 Å². The summed E-state index contributed by atoms with van der Waals surface area (Å²) in [7, 11) is 2.08. The highest BCUT2D eigenvalue weighted by Gasteiger charge is 2.64. The smallest absolute Gasteiger partial charge is 0.356 e. The molecule has 2 spiro atoms. The van der Waals surface area contributed by atoms with Crippen LogP contribution >= 0.6 is 0 Å². The van der Waals surface area contributed by atoms with Crippen molar-refractivity contribution in [1.82, 2.24) is 4.90 Å². The lowest BCUT2D eigenvalue weighted by Gasteiger charge is -2.60. The van der Waals surface area contributed by atoms with Crippen molar-refractivity contribution in [2.75, 3.05) is 46.4 Å². The highest BCUT2D eigenvalue weighted by molar-refractivity contribution is 5.78. The maximum atomic E-state index is 13.8. The predicted octanol–water partition coefficient (Wildman–Crippen LogP) is 5.73. The summed E-state index contributed by atoms with van der Waals surface area (Å²) < 4.78 is 12.3. The van der Waals surface area contributed by atoms with Gasteiger partial charge in [-0.3, -0.25) is 9.38 Å². The molecule has 5 saturated carbocycles. The van der Waals surface area contributed by atoms with Gasteiger partial charge in [0.2, 0.25) is 17.2 Å². The highest BCUT2D eigenvalue weighted by Crippen LogP contribution is 2.62. The number of rotatable bonds is 5. The fourth-order valence-electron chi connectivity index (χ4n) is 10.4. The van der Waals surface area contributed by atoms with Crippen LogP contribution in [0.5, 0.6) is 5.75 Å². The molecule has 8 fully saturated rings. The summed E-state index contributed by atoms with van der Waals surface area (Å²) in [6.07, 6.45) is 11.5. The van der Waals surface area contributed by atoms with Gasteiger partial charge in [-0.2, -0.15) is 19.6 Å². The van der Waals surface area contributed by atoms with Gasteiger partial charge in [-0.15, -0.1) is 0 Å². The van der Waals surface area contributed by atoms with Crippen molar-refractivity contribution in [3.8, 4) is 5.75 Å². The quantitative estimate of drug-likeness (QED) is 0.304. The second kappa shape index (κ2) is 11.5. The number of ether oxygens (including phenoxy) is 2. The number of morpholine rings is 1. The summed E-state index contributed by atoms with van der Waals surface area (Å²) in [6, 6.07) is 8.91. The molecule has 0 N–H and O–H groups in total. The third kappa shape index (κ3) is 5.58. The predicted molar refractivity (Wildman–Crippen MR) is 166 cm³/mol. The van der Waals surface area contributed by atoms with Crippen LogP contribution in [-0.4, -0.2) is 84.9 Å². The fraction of sp³-hybridized carbons (Fsp3) is 0.806. The lowest BCUT2D eigenvalue weighted by atomic mass is 9.53. The Morgan fingerprint density at radius 1 is 0.844 bits per heavy atom. The van der Waals surface area contributed by atoms with Crippen LogP contribution in [0.3, 0.4) is 0 Å². The zero-order valence-corrected chi connectivity index (χ0v) is 27.5. The van der Waals surface area contributed by atoms with E-state index in [9.17, 15) is 4.79 Å². The molecule has 0 atom stereocenters. The van der Waals surface area contributed by atoms with Gasteiger partial charge in [-0.1, -0.05) is 12.1 Å². The Morgan fingerprint density at radius 3 is 2.00 bits per heavy atom. The second-order valence-electron chi connectivity index (χ2n) is 16.3. The highest BCUT2D eigenvalue weighted by atomic mass is 17.4. The lowest BCUT2D eigenvalue weighted by Crippen LogP contribution is -2.64. The van der Waals surface area contributed by atoms with E-state index in [2.05, 4.69) is 24.1 Å². The Bertz CT molecular complexity index is 1190. The van der Waals surface area contributed by atoms with Gasteiger partial charge < -0.3 is 9.47 Å². The minimum atomic E-state index is -0.913. The first-order valence-electron chi connectivity index (χ1n) is 17.9. The van der Waals surface area contributed by atoms with Gasteiger partial charge in [-0.25, -0.2) is 4.79 Å². The van der Waals surface area contributed by atoms with Crippen molar-refractivity contribution in [2.24, 2.45) is 23.7 Å². The monoisotopic (exact) mass is 625 g/mol. The molecule has 3 aliphatic heterocycles. The molecular formula is C36H53N2O7+. The molecule has 1 aromatic carbocycles. The molecule has 8 aliphatic rings. The number of carbonyl (C=O) groups is 1. The maximum absolute atomic E-state index is 13.8. The van der Waals surface area contributed by atoms with E-state index < -0.39 is 17.2 Å². The number of hydrogen-bond acceptors (Lipinski definition) is 8. The number of likely N-dealkylation sites (N-methyl/N-ethyl adjacent to an activating group) is 1. The second-order valence-corrected chi connectivity index (χ2v) is 16.3. The van der Waals surface area contributed by atoms with Crippen LogP contribution in [0.4, 0.5) is 0 Å². The zero-order valence-electron chi connectivity index (χ0n) is 27.5. The molecule has 1 amide bonds. The molecule has 9 nitrogen and oxygen atoms in total. The summed E-state index contributed by atoms with van der Waals surface area (Å²) in [4.78, 5) is 41.2. The third-order valence-electron chi connectivity index (χ3n) is 12.9. The van der Waals surface area contributed by atoms with E-state index in [-0.39, 0.29) is 5.91 Å². The van der Waals surface area contributed by atoms with Crippen LogP contribution in [0.25, 0.3) is 0 Å². The minimum Gasteiger partial charge on any atom is -0.474 e. The Labute approximate surface area is 268 Å². The van der Waals surface area contributed by atoms with E-state index >= 15 is 0 Å². The number of carbonyl (C=O) groups excluding carboxylic acids is 1. The molecule has 9 rings (SSSR count). The Morgan fingerprint density at radius 2 is 1.42 bits per heavy atom. The topological polar surface area (TPSA) is 75.7 Å². The molecule has 0 radical (unpaired) electrons. The van der Waals surface area contributed by atoms with Crippen molar-refractivity contribution in [3.05, 3.63) is 29.8 Å². The summed E-state index contributed by atoms with van der Waals surface area (Å²) >= 11 is 0. The number of nitrogens with zero attached hydrogens (tertiary/aromatic N) is 2. The van der Waals surface area contributed by atoms with Gasteiger partial charge in [0.05, 0.1) is 33.4 Å². The molecule has 5 aliphatic carbocycles. The zero-order chi connectivity index (χ0) is 30.9. The molecule has 0 aromatic heterocycles. The minimum absolute atomic E-state index is 0.150. The molecule has 3 heterocycles. The molecule has 1 aromatic rings. The number of amides is 1. The van der Waals surface area contributed by atoms with Gasteiger partial charge in [0.15, 0.2) is 0 Å². The first-order chi connectivity index (χ1) is 21.7. The number of hydrogen-bond donors (Lipinski definition) is 0. The Hall–Kier alpha value is -1.59. The van der Waals surface area contributed by atoms with Gasteiger partial charge in [0.25, 0.3) is 0 Å². The first kappa shape index (κ1) is 30.7. The first-order valence-corrected chi connectivity index (χ1v) is 17.9. The Balaban J connectivity index is 0.833. The van der Waals surface area contributed by atoms with Crippen molar-refractivity contribution < 1.29 is 38.3 Å². The third-order valence-corrected chi connectivity index (χ3v) is 12.9. The van der Waals surface area contributed by atoms with Crippen molar-refractivity contribution in [2.45, 2.75) is 114 Å². The van der Waals surface area contributed by atoms with Gasteiger partial charge in [-0.05, 0) is 94.2 Å². The van der Waals surface area contributed by atoms with Gasteiger partial charge >= 0.3 is 5.91 Å². The summed E-state index contributed by atoms with van der Waals surface area (Å²) in [5, 5.41) is 0. The summed E-state index contributed by atoms with van der Waals surface area (Å²) in [5.74, 6) is 2.22. The molecule has 4 bridgehead atoms. The lowest BCUT2D eigenvalue weighted by molar-refractivity contribution is -0.843. The van der Waals surface area contributed by atoms with E-state index in [1.54, 1.807) is 0 Å². The molecule has 3 saturated heterocycles. The number of benzene rings is 1. The van der Waals surface area contributed by atoms with E-state index in [0.29, 0.717) is 28.3 Å². The average molecular weight is 626 g/mol. The van der Waals surface area contributed by atoms with Crippen molar-refractivity contribution in [3.63, 3.8) is 0 Å². The Kier molecular flexibility index (Phi) is 7.87. The van der Waals surface area contributed by atoms with Crippen LogP contribution in [0, 0.1) is 23.7 Å². The number of likely N-dealkylation sites (tertiary alicyclic amines) is 1. The van der Waals surface area contributed by atoms with Gasteiger partial charge in [0.1, 0.15) is 5.75 Å². The largest absolute Gasteiger partial charge is 0.474 e. The standard InChI is InChI=1S/C36H53N2O7/c1-34(2,33(39)38(3)16-10-31(11-17-38)37-14-18-40-19-15-37)41-32-6-4-27(5-7-32)28-8-12-35(13-9-28)42-44-36(45-43-35)29-21-25-20-26(23-29)24-30(36)22-25/h4-7,25-26,28-31H,8-24H2,1-3H3/q+1. The maximum Gasteiger partial charge on any atom is 0.356 e. The molecule has 0 unspecified atom stereocenters. The molecule has 9 heteroatoms. The van der Waals surface area contributed by atoms with Crippen LogP contribution in [0.15, 0.2) is 24.3 Å².